The van der Waals surface area contributed by atoms with Crippen LogP contribution in [-0.4, -0.2) is 45.1 Å². The van der Waals surface area contributed by atoms with Crippen molar-refractivity contribution in [1.29, 1.82) is 0 Å². The third kappa shape index (κ3) is 2.94. The van der Waals surface area contributed by atoms with Crippen molar-refractivity contribution in [2.45, 2.75) is 38.3 Å². The Morgan fingerprint density at radius 1 is 1.44 bits per heavy atom. The maximum absolute atomic E-state index is 6.04. The summed E-state index contributed by atoms with van der Waals surface area (Å²) in [5.74, 6) is 0. The Hall–Kier alpha value is -0.160. The predicted molar refractivity (Wildman–Crippen MR) is 63.4 cm³/mol. The van der Waals surface area contributed by atoms with Crippen molar-refractivity contribution in [2.24, 2.45) is 11.1 Å². The van der Waals surface area contributed by atoms with Gasteiger partial charge in [-0.1, -0.05) is 6.92 Å². The Morgan fingerprint density at radius 2 is 2.31 bits per heavy atom. The second-order valence-corrected chi connectivity index (χ2v) is 5.40. The first-order valence-corrected chi connectivity index (χ1v) is 6.36. The monoisotopic (exact) mass is 228 g/mol. The molecule has 3 atom stereocenters. The van der Waals surface area contributed by atoms with Crippen molar-refractivity contribution in [2.75, 3.05) is 32.9 Å². The average molecular weight is 228 g/mol. The maximum atomic E-state index is 6.04. The maximum Gasteiger partial charge on any atom is 0.0699 e. The van der Waals surface area contributed by atoms with Gasteiger partial charge in [-0.25, -0.2) is 0 Å². The molecule has 0 spiro atoms. The molecular weight excluding hydrogens is 204 g/mol. The molecule has 0 aromatic heterocycles. The van der Waals surface area contributed by atoms with Gasteiger partial charge in [0, 0.05) is 31.2 Å². The minimum Gasteiger partial charge on any atom is -0.379 e. The molecule has 3 unspecified atom stereocenters. The molecule has 2 aliphatic rings. The largest absolute Gasteiger partial charge is 0.379 e. The number of ether oxygens (including phenoxy) is 2. The number of hydrogen-bond acceptors (Lipinski definition) is 4. The van der Waals surface area contributed by atoms with Crippen molar-refractivity contribution >= 4 is 0 Å². The fraction of sp³-hybridized carbons (Fsp3) is 1.00. The van der Waals surface area contributed by atoms with Gasteiger partial charge in [-0.15, -0.1) is 0 Å². The molecule has 0 aromatic carbocycles. The van der Waals surface area contributed by atoms with Gasteiger partial charge in [0.05, 0.1) is 19.3 Å². The van der Waals surface area contributed by atoms with Gasteiger partial charge in [-0.3, -0.25) is 0 Å². The van der Waals surface area contributed by atoms with Crippen molar-refractivity contribution in [3.8, 4) is 0 Å². The fourth-order valence-electron chi connectivity index (χ4n) is 2.40. The van der Waals surface area contributed by atoms with E-state index in [2.05, 4.69) is 12.2 Å². The van der Waals surface area contributed by atoms with E-state index in [4.69, 9.17) is 15.2 Å². The van der Waals surface area contributed by atoms with Crippen LogP contribution in [0.3, 0.4) is 0 Å². The van der Waals surface area contributed by atoms with Crippen molar-refractivity contribution in [1.82, 2.24) is 5.32 Å². The Balaban J connectivity index is 1.66. The highest BCUT2D eigenvalue weighted by Crippen LogP contribution is 2.25. The summed E-state index contributed by atoms with van der Waals surface area (Å²) >= 11 is 0. The molecule has 2 aliphatic heterocycles. The molecule has 2 heterocycles. The first-order chi connectivity index (χ1) is 7.71. The molecule has 2 saturated heterocycles. The van der Waals surface area contributed by atoms with Crippen LogP contribution in [0.25, 0.3) is 0 Å². The Kier molecular flexibility index (Phi) is 4.19. The van der Waals surface area contributed by atoms with Gasteiger partial charge in [-0.2, -0.15) is 0 Å². The second kappa shape index (κ2) is 5.45. The third-order valence-electron chi connectivity index (χ3n) is 3.80. The van der Waals surface area contributed by atoms with E-state index < -0.39 is 0 Å². The molecule has 16 heavy (non-hydrogen) atoms. The molecule has 4 heteroatoms. The minimum atomic E-state index is 0.0919. The first-order valence-electron chi connectivity index (χ1n) is 6.36. The smallest absolute Gasteiger partial charge is 0.0699 e. The number of nitrogens with two attached hydrogens (primary N) is 1. The summed E-state index contributed by atoms with van der Waals surface area (Å²) in [5, 5.41) is 3.48. The van der Waals surface area contributed by atoms with Crippen LogP contribution in [0, 0.1) is 5.41 Å². The predicted octanol–water partition coefficient (Wildman–Crippen LogP) is 0.509. The van der Waals surface area contributed by atoms with Gasteiger partial charge in [0.1, 0.15) is 0 Å². The van der Waals surface area contributed by atoms with Crippen LogP contribution in [0.2, 0.25) is 0 Å². The lowest BCUT2D eigenvalue weighted by molar-refractivity contribution is 0.0152. The van der Waals surface area contributed by atoms with Crippen molar-refractivity contribution in [3.05, 3.63) is 0 Å². The lowest BCUT2D eigenvalue weighted by atomic mass is 9.86. The summed E-state index contributed by atoms with van der Waals surface area (Å²) in [4.78, 5) is 0. The second-order valence-electron chi connectivity index (χ2n) is 5.40. The van der Waals surface area contributed by atoms with Gasteiger partial charge in [0.2, 0.25) is 0 Å². The Labute approximate surface area is 97.9 Å². The molecule has 0 aliphatic carbocycles. The summed E-state index contributed by atoms with van der Waals surface area (Å²) in [7, 11) is 0. The highest BCUT2D eigenvalue weighted by molar-refractivity contribution is 4.91. The van der Waals surface area contributed by atoms with Gasteiger partial charge in [0.25, 0.3) is 0 Å². The van der Waals surface area contributed by atoms with E-state index in [1.807, 2.05) is 0 Å². The summed E-state index contributed by atoms with van der Waals surface area (Å²) in [6, 6.07) is 0.160. The quantitative estimate of drug-likeness (QED) is 0.736. The van der Waals surface area contributed by atoms with Crippen LogP contribution in [0.4, 0.5) is 0 Å². The van der Waals surface area contributed by atoms with Crippen LogP contribution in [-0.2, 0) is 9.47 Å². The van der Waals surface area contributed by atoms with E-state index in [0.29, 0.717) is 12.7 Å². The van der Waals surface area contributed by atoms with Crippen molar-refractivity contribution in [3.63, 3.8) is 0 Å². The van der Waals surface area contributed by atoms with Crippen molar-refractivity contribution < 1.29 is 9.47 Å². The van der Waals surface area contributed by atoms with E-state index in [9.17, 15) is 0 Å². The first kappa shape index (κ1) is 12.3. The molecule has 0 radical (unpaired) electrons. The van der Waals surface area contributed by atoms with E-state index in [1.54, 1.807) is 0 Å². The number of hydrogen-bond donors (Lipinski definition) is 2. The van der Waals surface area contributed by atoms with E-state index >= 15 is 0 Å². The molecule has 94 valence electrons. The molecule has 3 N–H and O–H groups in total. The highest BCUT2D eigenvalue weighted by atomic mass is 16.5. The summed E-state index contributed by atoms with van der Waals surface area (Å²) < 4.78 is 11.1. The highest BCUT2D eigenvalue weighted by Gasteiger charge is 2.37. The van der Waals surface area contributed by atoms with Gasteiger partial charge in [-0.05, 0) is 19.3 Å². The molecule has 0 bridgehead atoms. The van der Waals surface area contributed by atoms with Crippen LogP contribution in [0.5, 0.6) is 0 Å². The van der Waals surface area contributed by atoms with Crippen LogP contribution >= 0.6 is 0 Å². The summed E-state index contributed by atoms with van der Waals surface area (Å²) in [6.07, 6.45) is 4.10. The number of rotatable bonds is 4. The van der Waals surface area contributed by atoms with E-state index in [1.165, 1.54) is 19.3 Å². The summed E-state index contributed by atoms with van der Waals surface area (Å²) in [6.45, 7) is 6.45. The van der Waals surface area contributed by atoms with Crippen LogP contribution in [0.15, 0.2) is 0 Å². The Bertz CT molecular complexity index is 219. The van der Waals surface area contributed by atoms with E-state index in [0.717, 1.165) is 26.3 Å². The molecular formula is C12H24N2O2. The molecule has 2 fully saturated rings. The van der Waals surface area contributed by atoms with Crippen LogP contribution in [0.1, 0.15) is 26.2 Å². The zero-order valence-electron chi connectivity index (χ0n) is 10.2. The average Bonchev–Trinajstić information content (AvgIpc) is 2.61. The normalized spacial score (nSPS) is 40.1. The van der Waals surface area contributed by atoms with Gasteiger partial charge < -0.3 is 20.5 Å². The van der Waals surface area contributed by atoms with Gasteiger partial charge >= 0.3 is 0 Å². The molecule has 0 amide bonds. The molecule has 0 aromatic rings. The fourth-order valence-corrected chi connectivity index (χ4v) is 2.40. The minimum absolute atomic E-state index is 0.0919. The number of nitrogens with one attached hydrogen (secondary N) is 1. The van der Waals surface area contributed by atoms with Crippen LogP contribution < -0.4 is 11.1 Å². The zero-order chi connectivity index (χ0) is 11.4. The lowest BCUT2D eigenvalue weighted by Crippen LogP contribution is -2.47. The van der Waals surface area contributed by atoms with Gasteiger partial charge in [0.15, 0.2) is 0 Å². The molecule has 0 saturated carbocycles. The topological polar surface area (TPSA) is 56.5 Å². The SMILES string of the molecule is CC1(CNCC2CCCCO2)COCC1N. The molecule has 2 rings (SSSR count). The van der Waals surface area contributed by atoms with E-state index in [-0.39, 0.29) is 11.5 Å². The summed E-state index contributed by atoms with van der Waals surface area (Å²) in [5.41, 5.74) is 6.13. The molecule has 4 nitrogen and oxygen atoms in total. The lowest BCUT2D eigenvalue weighted by Gasteiger charge is -2.29. The third-order valence-corrected chi connectivity index (χ3v) is 3.80. The standard InChI is InChI=1S/C12H24N2O2/c1-12(9-15-7-11(12)13)8-14-6-10-4-2-3-5-16-10/h10-11,14H,2-9,13H2,1H3. The zero-order valence-corrected chi connectivity index (χ0v) is 10.2. The Morgan fingerprint density at radius 3 is 2.94 bits per heavy atom.